The summed E-state index contributed by atoms with van der Waals surface area (Å²) in [5.74, 6) is -1.87. The van der Waals surface area contributed by atoms with E-state index in [1.165, 1.54) is 18.2 Å². The summed E-state index contributed by atoms with van der Waals surface area (Å²) in [6, 6.07) is 11.7. The molecule has 2 nitrogen and oxygen atoms in total. The fourth-order valence-electron chi connectivity index (χ4n) is 2.08. The molecule has 1 atom stereocenters. The smallest absolute Gasteiger partial charge is 0.185 e. The molecule has 2 rings (SSSR count). The van der Waals surface area contributed by atoms with Crippen LogP contribution < -0.4 is 0 Å². The molecule has 0 spiro atoms. The molecule has 0 aliphatic rings. The zero-order valence-corrected chi connectivity index (χ0v) is 13.2. The molecule has 4 heteroatoms. The Kier molecular flexibility index (Phi) is 4.54. The number of carbonyl (C=O) groups is 1. The largest absolute Gasteiger partial charge is 0.292 e. The topological polar surface area (TPSA) is 40.9 Å². The Hall–Kier alpha value is -1.99. The third-order valence-corrected chi connectivity index (χ3v) is 4.28. The lowest BCUT2D eigenvalue weighted by Crippen LogP contribution is -2.12. The van der Waals surface area contributed by atoms with Crippen molar-refractivity contribution in [1.29, 1.82) is 5.26 Å². The molecule has 0 aliphatic carbocycles. The molecule has 0 N–H and O–H groups in total. The Morgan fingerprint density at radius 2 is 1.95 bits per heavy atom. The molecule has 0 amide bonds. The number of hydrogen-bond acceptors (Lipinski definition) is 2. The van der Waals surface area contributed by atoms with E-state index >= 15 is 0 Å². The second kappa shape index (κ2) is 6.19. The van der Waals surface area contributed by atoms with Gasteiger partial charge < -0.3 is 0 Å². The second-order valence-electron chi connectivity index (χ2n) is 4.87. The molecule has 1 unspecified atom stereocenters. The van der Waals surface area contributed by atoms with Crippen molar-refractivity contribution >= 4 is 21.7 Å². The summed E-state index contributed by atoms with van der Waals surface area (Å²) in [6.07, 6.45) is 0. The molecular formula is C17H13BrFNO. The molecular weight excluding hydrogens is 333 g/mol. The number of nitrogens with zero attached hydrogens (tertiary/aromatic N) is 1. The van der Waals surface area contributed by atoms with Gasteiger partial charge in [0.1, 0.15) is 11.7 Å². The summed E-state index contributed by atoms with van der Waals surface area (Å²) < 4.78 is 13.6. The van der Waals surface area contributed by atoms with E-state index in [2.05, 4.69) is 15.9 Å². The molecule has 0 aromatic heterocycles. The van der Waals surface area contributed by atoms with Gasteiger partial charge in [0.15, 0.2) is 5.78 Å². The van der Waals surface area contributed by atoms with E-state index in [9.17, 15) is 14.4 Å². The molecule has 0 bridgehead atoms. The summed E-state index contributed by atoms with van der Waals surface area (Å²) in [7, 11) is 0. The Bertz CT molecular complexity index is 749. The summed E-state index contributed by atoms with van der Waals surface area (Å²) in [4.78, 5) is 12.5. The van der Waals surface area contributed by atoms with Crippen LogP contribution in [-0.2, 0) is 0 Å². The van der Waals surface area contributed by atoms with Crippen molar-refractivity contribution in [1.82, 2.24) is 0 Å². The number of ketones is 1. The van der Waals surface area contributed by atoms with E-state index < -0.39 is 17.5 Å². The normalized spacial score (nSPS) is 11.8. The SMILES string of the molecule is Cc1ccc(C(C#N)C(=O)c2cccc(F)c2Br)cc1C. The molecule has 0 radical (unpaired) electrons. The Morgan fingerprint density at radius 1 is 1.24 bits per heavy atom. The first-order chi connectivity index (χ1) is 9.95. The monoisotopic (exact) mass is 345 g/mol. The van der Waals surface area contributed by atoms with Crippen molar-refractivity contribution < 1.29 is 9.18 Å². The van der Waals surface area contributed by atoms with Gasteiger partial charge in [0, 0.05) is 5.56 Å². The van der Waals surface area contributed by atoms with Gasteiger partial charge in [-0.2, -0.15) is 5.26 Å². The Morgan fingerprint density at radius 3 is 2.57 bits per heavy atom. The van der Waals surface area contributed by atoms with Crippen molar-refractivity contribution in [2.75, 3.05) is 0 Å². The lowest BCUT2D eigenvalue weighted by Gasteiger charge is -2.12. The zero-order valence-electron chi connectivity index (χ0n) is 11.7. The summed E-state index contributed by atoms with van der Waals surface area (Å²) in [6.45, 7) is 3.89. The highest BCUT2D eigenvalue weighted by Gasteiger charge is 2.24. The number of Topliss-reactive ketones (excluding diaryl/α,β-unsaturated/α-hetero) is 1. The number of aryl methyl sites for hydroxylation is 2. The number of nitriles is 1. The van der Waals surface area contributed by atoms with E-state index in [4.69, 9.17) is 0 Å². The highest BCUT2D eigenvalue weighted by Crippen LogP contribution is 2.28. The highest BCUT2D eigenvalue weighted by atomic mass is 79.9. The van der Waals surface area contributed by atoms with Gasteiger partial charge in [-0.05, 0) is 58.6 Å². The zero-order chi connectivity index (χ0) is 15.6. The van der Waals surface area contributed by atoms with Crippen LogP contribution in [0.5, 0.6) is 0 Å². The van der Waals surface area contributed by atoms with Crippen LogP contribution in [0.1, 0.15) is 33.0 Å². The first-order valence-electron chi connectivity index (χ1n) is 6.40. The number of benzene rings is 2. The van der Waals surface area contributed by atoms with E-state index in [-0.39, 0.29) is 10.0 Å². The van der Waals surface area contributed by atoms with Gasteiger partial charge in [0.2, 0.25) is 0 Å². The van der Waals surface area contributed by atoms with Crippen LogP contribution in [0.2, 0.25) is 0 Å². The molecule has 0 fully saturated rings. The summed E-state index contributed by atoms with van der Waals surface area (Å²) in [5.41, 5.74) is 2.91. The van der Waals surface area contributed by atoms with E-state index in [1.807, 2.05) is 32.0 Å². The minimum Gasteiger partial charge on any atom is -0.292 e. The first kappa shape index (κ1) is 15.4. The molecule has 0 heterocycles. The Balaban J connectivity index is 2.46. The van der Waals surface area contributed by atoms with Gasteiger partial charge >= 0.3 is 0 Å². The molecule has 0 saturated carbocycles. The maximum absolute atomic E-state index is 13.5. The van der Waals surface area contributed by atoms with E-state index in [0.717, 1.165) is 11.1 Å². The van der Waals surface area contributed by atoms with Crippen LogP contribution in [0, 0.1) is 31.0 Å². The molecule has 2 aromatic carbocycles. The Labute approximate surface area is 131 Å². The quantitative estimate of drug-likeness (QED) is 0.756. The van der Waals surface area contributed by atoms with Crippen LogP contribution in [0.15, 0.2) is 40.9 Å². The van der Waals surface area contributed by atoms with Crippen molar-refractivity contribution in [3.63, 3.8) is 0 Å². The molecule has 21 heavy (non-hydrogen) atoms. The predicted octanol–water partition coefficient (Wildman–Crippen LogP) is 4.70. The highest BCUT2D eigenvalue weighted by molar-refractivity contribution is 9.10. The van der Waals surface area contributed by atoms with Crippen LogP contribution in [0.3, 0.4) is 0 Å². The van der Waals surface area contributed by atoms with E-state index in [0.29, 0.717) is 5.56 Å². The van der Waals surface area contributed by atoms with Crippen LogP contribution in [-0.4, -0.2) is 5.78 Å². The van der Waals surface area contributed by atoms with Crippen LogP contribution in [0.25, 0.3) is 0 Å². The fourth-order valence-corrected chi connectivity index (χ4v) is 2.54. The predicted molar refractivity (Wildman–Crippen MR) is 82.7 cm³/mol. The lowest BCUT2D eigenvalue weighted by molar-refractivity contribution is 0.0977. The molecule has 0 aliphatic heterocycles. The average Bonchev–Trinajstić information content (AvgIpc) is 2.46. The van der Waals surface area contributed by atoms with Crippen LogP contribution in [0.4, 0.5) is 4.39 Å². The number of halogens is 2. The van der Waals surface area contributed by atoms with Gasteiger partial charge in [-0.25, -0.2) is 4.39 Å². The van der Waals surface area contributed by atoms with Gasteiger partial charge in [-0.3, -0.25) is 4.79 Å². The average molecular weight is 346 g/mol. The van der Waals surface area contributed by atoms with Gasteiger partial charge in [0.25, 0.3) is 0 Å². The molecule has 106 valence electrons. The van der Waals surface area contributed by atoms with Crippen molar-refractivity contribution in [3.05, 3.63) is 68.9 Å². The third-order valence-electron chi connectivity index (χ3n) is 3.47. The van der Waals surface area contributed by atoms with Crippen molar-refractivity contribution in [2.24, 2.45) is 0 Å². The minimum absolute atomic E-state index is 0.0964. The number of rotatable bonds is 3. The summed E-state index contributed by atoms with van der Waals surface area (Å²) in [5, 5.41) is 9.35. The van der Waals surface area contributed by atoms with Crippen molar-refractivity contribution in [2.45, 2.75) is 19.8 Å². The minimum atomic E-state index is -0.942. The van der Waals surface area contributed by atoms with Gasteiger partial charge in [-0.15, -0.1) is 0 Å². The fraction of sp³-hybridized carbons (Fsp3) is 0.176. The third kappa shape index (κ3) is 3.03. The van der Waals surface area contributed by atoms with Crippen LogP contribution >= 0.6 is 15.9 Å². The summed E-state index contributed by atoms with van der Waals surface area (Å²) >= 11 is 3.07. The number of hydrogen-bond donors (Lipinski definition) is 0. The molecule has 0 saturated heterocycles. The second-order valence-corrected chi connectivity index (χ2v) is 5.66. The first-order valence-corrected chi connectivity index (χ1v) is 7.20. The van der Waals surface area contributed by atoms with Gasteiger partial charge in [0.05, 0.1) is 10.5 Å². The molecule has 2 aromatic rings. The maximum atomic E-state index is 13.5. The van der Waals surface area contributed by atoms with Gasteiger partial charge in [-0.1, -0.05) is 24.3 Å². The standard InChI is InChI=1S/C17H13BrFNO/c1-10-6-7-12(8-11(10)2)14(9-20)17(21)13-4-3-5-15(19)16(13)18/h3-8,14H,1-2H3. The number of carbonyl (C=O) groups excluding carboxylic acids is 1. The van der Waals surface area contributed by atoms with E-state index in [1.54, 1.807) is 6.07 Å². The van der Waals surface area contributed by atoms with Crippen molar-refractivity contribution in [3.8, 4) is 6.07 Å². The lowest BCUT2D eigenvalue weighted by atomic mass is 9.90. The maximum Gasteiger partial charge on any atom is 0.185 e.